The Labute approximate surface area is 97.6 Å². The highest BCUT2D eigenvalue weighted by molar-refractivity contribution is 6.34. The number of fused-ring (bicyclic) bond motifs is 3. The van der Waals surface area contributed by atoms with E-state index in [1.165, 1.54) is 5.56 Å². The topological polar surface area (TPSA) is 12.9 Å². The molecule has 3 rings (SSSR count). The zero-order valence-corrected chi connectivity index (χ0v) is 9.26. The highest BCUT2D eigenvalue weighted by Crippen LogP contribution is 2.32. The van der Waals surface area contributed by atoms with Crippen molar-refractivity contribution in [3.05, 3.63) is 46.5 Å². The van der Waals surface area contributed by atoms with Crippen LogP contribution in [-0.2, 0) is 6.42 Å². The average molecular weight is 234 g/mol. The van der Waals surface area contributed by atoms with Crippen molar-refractivity contribution >= 4 is 28.4 Å². The zero-order chi connectivity index (χ0) is 11.1. The van der Waals surface area contributed by atoms with Gasteiger partial charge in [-0.15, -0.1) is 0 Å². The van der Waals surface area contributed by atoms with Gasteiger partial charge in [0.1, 0.15) is 11.0 Å². The standard InChI is InChI=1S/C13H9ClFN/c14-13-11-4-2-8-1-3-9(15)7-12(8)10(11)5-6-16-13/h2,4-7H,1,3H2. The number of aryl methyl sites for hydroxylation is 1. The average Bonchev–Trinajstić information content (AvgIpc) is 2.29. The van der Waals surface area contributed by atoms with Crippen molar-refractivity contribution in [2.24, 2.45) is 0 Å². The van der Waals surface area contributed by atoms with Crippen LogP contribution in [-0.4, -0.2) is 4.98 Å². The van der Waals surface area contributed by atoms with E-state index in [0.29, 0.717) is 11.6 Å². The van der Waals surface area contributed by atoms with Crippen LogP contribution >= 0.6 is 11.6 Å². The number of nitrogens with zero attached hydrogens (tertiary/aromatic N) is 1. The number of allylic oxidation sites excluding steroid dienone is 1. The van der Waals surface area contributed by atoms with Crippen LogP contribution in [0.1, 0.15) is 17.5 Å². The second-order valence-corrected chi connectivity index (χ2v) is 4.28. The summed E-state index contributed by atoms with van der Waals surface area (Å²) in [6, 6.07) is 5.85. The highest BCUT2D eigenvalue weighted by atomic mass is 35.5. The molecule has 0 saturated heterocycles. The summed E-state index contributed by atoms with van der Waals surface area (Å²) in [5, 5.41) is 2.33. The Morgan fingerprint density at radius 2 is 2.00 bits per heavy atom. The largest absolute Gasteiger partial charge is 0.244 e. The first-order valence-electron chi connectivity index (χ1n) is 5.18. The second kappa shape index (κ2) is 3.56. The lowest BCUT2D eigenvalue weighted by Gasteiger charge is -2.14. The molecule has 0 atom stereocenters. The molecule has 0 bridgehead atoms. The molecule has 1 aromatic heterocycles. The van der Waals surface area contributed by atoms with Crippen molar-refractivity contribution in [2.75, 3.05) is 0 Å². The van der Waals surface area contributed by atoms with E-state index in [9.17, 15) is 4.39 Å². The number of hydrogen-bond donors (Lipinski definition) is 0. The smallest absolute Gasteiger partial charge is 0.136 e. The van der Waals surface area contributed by atoms with Gasteiger partial charge in [-0.05, 0) is 35.1 Å². The molecule has 0 fully saturated rings. The molecular formula is C13H9ClFN. The van der Waals surface area contributed by atoms with Gasteiger partial charge in [-0.25, -0.2) is 9.37 Å². The minimum absolute atomic E-state index is 0.0621. The van der Waals surface area contributed by atoms with E-state index in [2.05, 4.69) is 4.98 Å². The second-order valence-electron chi connectivity index (χ2n) is 3.93. The molecule has 3 heteroatoms. The summed E-state index contributed by atoms with van der Waals surface area (Å²) in [5.74, 6) is -0.0621. The third-order valence-electron chi connectivity index (χ3n) is 2.96. The fraction of sp³-hybridized carbons (Fsp3) is 0.154. The summed E-state index contributed by atoms with van der Waals surface area (Å²) < 4.78 is 13.3. The van der Waals surface area contributed by atoms with Crippen molar-refractivity contribution in [2.45, 2.75) is 12.8 Å². The monoisotopic (exact) mass is 233 g/mol. The van der Waals surface area contributed by atoms with Crippen LogP contribution in [0.3, 0.4) is 0 Å². The van der Waals surface area contributed by atoms with Crippen molar-refractivity contribution in [3.8, 4) is 0 Å². The first kappa shape index (κ1) is 9.79. The summed E-state index contributed by atoms with van der Waals surface area (Å²) in [4.78, 5) is 4.03. The van der Waals surface area contributed by atoms with Crippen LogP contribution in [0.4, 0.5) is 4.39 Å². The molecule has 0 radical (unpaired) electrons. The molecule has 1 aliphatic rings. The van der Waals surface area contributed by atoms with Crippen LogP contribution in [0, 0.1) is 0 Å². The van der Waals surface area contributed by atoms with Crippen LogP contribution < -0.4 is 0 Å². The van der Waals surface area contributed by atoms with Gasteiger partial charge < -0.3 is 0 Å². The van der Waals surface area contributed by atoms with E-state index < -0.39 is 0 Å². The lowest BCUT2D eigenvalue weighted by Crippen LogP contribution is -1.98. The summed E-state index contributed by atoms with van der Waals surface area (Å²) in [7, 11) is 0. The Bertz CT molecular complexity index is 604. The van der Waals surface area contributed by atoms with Gasteiger partial charge in [0.05, 0.1) is 0 Å². The van der Waals surface area contributed by atoms with E-state index in [4.69, 9.17) is 11.6 Å². The van der Waals surface area contributed by atoms with Gasteiger partial charge >= 0.3 is 0 Å². The summed E-state index contributed by atoms with van der Waals surface area (Å²) in [6.45, 7) is 0. The minimum atomic E-state index is -0.0621. The van der Waals surface area contributed by atoms with Gasteiger partial charge in [-0.3, -0.25) is 0 Å². The number of hydrogen-bond acceptors (Lipinski definition) is 1. The minimum Gasteiger partial charge on any atom is -0.244 e. The normalized spacial score (nSPS) is 14.8. The Morgan fingerprint density at radius 3 is 2.88 bits per heavy atom. The lowest BCUT2D eigenvalue weighted by atomic mass is 9.92. The van der Waals surface area contributed by atoms with E-state index in [1.807, 2.05) is 18.2 Å². The molecule has 0 saturated carbocycles. The Balaban J connectivity index is 2.41. The maximum absolute atomic E-state index is 13.3. The predicted octanol–water partition coefficient (Wildman–Crippen LogP) is 4.14. The molecule has 16 heavy (non-hydrogen) atoms. The van der Waals surface area contributed by atoms with Crippen LogP contribution in [0.5, 0.6) is 0 Å². The number of aromatic nitrogens is 1. The Kier molecular flexibility index (Phi) is 2.18. The van der Waals surface area contributed by atoms with Crippen LogP contribution in [0.25, 0.3) is 16.8 Å². The molecule has 1 nitrogen and oxygen atoms in total. The molecule has 0 spiro atoms. The summed E-state index contributed by atoms with van der Waals surface area (Å²) in [6.07, 6.45) is 4.52. The van der Waals surface area contributed by atoms with Crippen molar-refractivity contribution in [3.63, 3.8) is 0 Å². The summed E-state index contributed by atoms with van der Waals surface area (Å²) >= 11 is 6.01. The molecule has 80 valence electrons. The van der Waals surface area contributed by atoms with Crippen molar-refractivity contribution < 1.29 is 4.39 Å². The van der Waals surface area contributed by atoms with Gasteiger partial charge in [0, 0.05) is 18.0 Å². The molecule has 0 N–H and O–H groups in total. The zero-order valence-electron chi connectivity index (χ0n) is 8.50. The number of benzene rings is 1. The van der Waals surface area contributed by atoms with Crippen molar-refractivity contribution in [1.29, 1.82) is 0 Å². The van der Waals surface area contributed by atoms with Gasteiger partial charge in [0.25, 0.3) is 0 Å². The number of pyridine rings is 1. The summed E-state index contributed by atoms with van der Waals surface area (Å²) in [5.41, 5.74) is 2.13. The SMILES string of the molecule is FC1=Cc2c(ccc3c(Cl)nccc23)CC1. The Hall–Kier alpha value is -1.41. The number of halogens is 2. The lowest BCUT2D eigenvalue weighted by molar-refractivity contribution is 0.591. The molecule has 1 heterocycles. The van der Waals surface area contributed by atoms with Gasteiger partial charge in [-0.1, -0.05) is 23.7 Å². The van der Waals surface area contributed by atoms with Crippen LogP contribution in [0.2, 0.25) is 5.15 Å². The molecule has 0 aliphatic heterocycles. The first-order chi connectivity index (χ1) is 7.75. The van der Waals surface area contributed by atoms with E-state index in [0.717, 1.165) is 22.8 Å². The maximum Gasteiger partial charge on any atom is 0.136 e. The molecule has 0 unspecified atom stereocenters. The Morgan fingerprint density at radius 1 is 1.12 bits per heavy atom. The van der Waals surface area contributed by atoms with E-state index in [1.54, 1.807) is 12.3 Å². The third kappa shape index (κ3) is 1.41. The molecule has 0 amide bonds. The molecule has 2 aromatic rings. The van der Waals surface area contributed by atoms with Crippen LogP contribution in [0.15, 0.2) is 30.2 Å². The highest BCUT2D eigenvalue weighted by Gasteiger charge is 2.13. The van der Waals surface area contributed by atoms with Crippen molar-refractivity contribution in [1.82, 2.24) is 4.98 Å². The quantitative estimate of drug-likeness (QED) is 0.623. The molecular weight excluding hydrogens is 225 g/mol. The molecule has 1 aliphatic carbocycles. The fourth-order valence-corrected chi connectivity index (χ4v) is 2.38. The maximum atomic E-state index is 13.3. The van der Waals surface area contributed by atoms with Gasteiger partial charge in [-0.2, -0.15) is 0 Å². The van der Waals surface area contributed by atoms with E-state index >= 15 is 0 Å². The van der Waals surface area contributed by atoms with E-state index in [-0.39, 0.29) is 5.83 Å². The third-order valence-corrected chi connectivity index (χ3v) is 3.26. The fourth-order valence-electron chi connectivity index (χ4n) is 2.16. The molecule has 1 aromatic carbocycles. The first-order valence-corrected chi connectivity index (χ1v) is 5.55. The van der Waals surface area contributed by atoms with Gasteiger partial charge in [0.2, 0.25) is 0 Å². The number of rotatable bonds is 0. The predicted molar refractivity (Wildman–Crippen MR) is 64.2 cm³/mol. The van der Waals surface area contributed by atoms with Gasteiger partial charge in [0.15, 0.2) is 0 Å².